The van der Waals surface area contributed by atoms with Gasteiger partial charge in [0.1, 0.15) is 0 Å². The fraction of sp³-hybridized carbons (Fsp3) is 0.583. The minimum absolute atomic E-state index is 0.0220. The highest BCUT2D eigenvalue weighted by atomic mass is 16.1. The third kappa shape index (κ3) is 0.579. The summed E-state index contributed by atoms with van der Waals surface area (Å²) in [5.41, 5.74) is 3.68. The Morgan fingerprint density at radius 1 is 1.00 bits per heavy atom. The lowest BCUT2D eigenvalue weighted by Crippen LogP contribution is -2.50. The number of rotatable bonds is 0. The second-order valence-electron chi connectivity index (χ2n) is 4.69. The predicted octanol–water partition coefficient (Wildman–Crippen LogP) is 2.88. The first-order chi connectivity index (χ1) is 5.86. The maximum Gasteiger partial charge on any atom is 0.166 e. The van der Waals surface area contributed by atoms with Crippen LogP contribution < -0.4 is 0 Å². The highest BCUT2D eigenvalue weighted by Crippen LogP contribution is 2.67. The van der Waals surface area contributed by atoms with Crippen LogP contribution >= 0.6 is 0 Å². The minimum Gasteiger partial charge on any atom is -0.294 e. The van der Waals surface area contributed by atoms with Crippen LogP contribution in [0.4, 0.5) is 0 Å². The molecule has 0 saturated heterocycles. The minimum atomic E-state index is -0.221. The van der Waals surface area contributed by atoms with Crippen LogP contribution in [0.5, 0.6) is 0 Å². The average Bonchev–Trinajstić information content (AvgIpc) is 2.26. The maximum absolute atomic E-state index is 11.8. The van der Waals surface area contributed by atoms with Crippen molar-refractivity contribution in [1.29, 1.82) is 0 Å². The standard InChI is InChI=1S/C12H16O/c1-7-6-10(13)12(5)9(3)8(2)11(7,12)4/h6H,1-5H3/t11-,12-/m0/s1. The quantitative estimate of drug-likeness (QED) is 0.519. The van der Waals surface area contributed by atoms with Gasteiger partial charge in [0.25, 0.3) is 0 Å². The lowest BCUT2D eigenvalue weighted by molar-refractivity contribution is -0.124. The molecule has 0 aromatic heterocycles. The molecule has 0 aromatic rings. The summed E-state index contributed by atoms with van der Waals surface area (Å²) in [5, 5.41) is 0. The van der Waals surface area contributed by atoms with Gasteiger partial charge in [0.05, 0.1) is 5.41 Å². The molecule has 2 aliphatic carbocycles. The number of carbonyl (C=O) groups is 1. The summed E-state index contributed by atoms with van der Waals surface area (Å²) in [7, 11) is 0. The number of hydrogen-bond acceptors (Lipinski definition) is 1. The Morgan fingerprint density at radius 3 is 1.92 bits per heavy atom. The van der Waals surface area contributed by atoms with E-state index in [1.165, 1.54) is 16.7 Å². The van der Waals surface area contributed by atoms with Gasteiger partial charge in [-0.25, -0.2) is 0 Å². The first-order valence-corrected chi connectivity index (χ1v) is 4.78. The molecule has 2 atom stereocenters. The Kier molecular flexibility index (Phi) is 1.32. The molecule has 2 rings (SSSR count). The molecule has 0 bridgehead atoms. The third-order valence-corrected chi connectivity index (χ3v) is 4.69. The van der Waals surface area contributed by atoms with E-state index in [-0.39, 0.29) is 16.6 Å². The Labute approximate surface area is 79.5 Å². The van der Waals surface area contributed by atoms with Gasteiger partial charge in [0.2, 0.25) is 0 Å². The van der Waals surface area contributed by atoms with Crippen LogP contribution in [0.3, 0.4) is 0 Å². The Morgan fingerprint density at radius 2 is 1.46 bits per heavy atom. The molecule has 13 heavy (non-hydrogen) atoms. The van der Waals surface area contributed by atoms with E-state index < -0.39 is 0 Å². The second-order valence-corrected chi connectivity index (χ2v) is 4.69. The summed E-state index contributed by atoms with van der Waals surface area (Å²) >= 11 is 0. The largest absolute Gasteiger partial charge is 0.294 e. The monoisotopic (exact) mass is 176 g/mol. The van der Waals surface area contributed by atoms with Gasteiger partial charge >= 0.3 is 0 Å². The summed E-state index contributed by atoms with van der Waals surface area (Å²) in [6.45, 7) is 10.6. The molecular weight excluding hydrogens is 160 g/mol. The van der Waals surface area contributed by atoms with E-state index in [9.17, 15) is 4.79 Å². The van der Waals surface area contributed by atoms with Crippen molar-refractivity contribution < 1.29 is 4.79 Å². The molecule has 0 aromatic carbocycles. The molecule has 0 N–H and O–H groups in total. The number of carbonyl (C=O) groups excluding carboxylic acids is 1. The Hall–Kier alpha value is -0.850. The van der Waals surface area contributed by atoms with Gasteiger partial charge in [-0.05, 0) is 33.8 Å². The van der Waals surface area contributed by atoms with Crippen molar-refractivity contribution >= 4 is 5.78 Å². The highest BCUT2D eigenvalue weighted by Gasteiger charge is 2.63. The van der Waals surface area contributed by atoms with Crippen molar-refractivity contribution in [2.45, 2.75) is 34.6 Å². The average molecular weight is 176 g/mol. The first kappa shape index (κ1) is 8.74. The van der Waals surface area contributed by atoms with E-state index in [4.69, 9.17) is 0 Å². The summed E-state index contributed by atoms with van der Waals surface area (Å²) in [5.74, 6) is 0.288. The number of ketones is 1. The van der Waals surface area contributed by atoms with Crippen molar-refractivity contribution in [3.05, 3.63) is 22.8 Å². The molecule has 2 aliphatic rings. The van der Waals surface area contributed by atoms with Crippen LogP contribution in [0, 0.1) is 10.8 Å². The van der Waals surface area contributed by atoms with Crippen LogP contribution in [-0.4, -0.2) is 5.78 Å². The zero-order chi connectivity index (χ0) is 10.0. The zero-order valence-corrected chi connectivity index (χ0v) is 8.99. The molecule has 0 heterocycles. The SMILES string of the molecule is CC1=CC(=O)[C@]2(C)C(C)=C(C)[C@]12C. The van der Waals surface area contributed by atoms with Crippen molar-refractivity contribution in [1.82, 2.24) is 0 Å². The fourth-order valence-corrected chi connectivity index (χ4v) is 3.04. The molecule has 1 heteroatoms. The normalized spacial score (nSPS) is 43.2. The molecular formula is C12H16O. The molecule has 0 radical (unpaired) electrons. The van der Waals surface area contributed by atoms with Gasteiger partial charge in [-0.15, -0.1) is 0 Å². The summed E-state index contributed by atoms with van der Waals surface area (Å²) in [6.07, 6.45) is 1.82. The predicted molar refractivity (Wildman–Crippen MR) is 53.4 cm³/mol. The lowest BCUT2D eigenvalue weighted by Gasteiger charge is -2.53. The molecule has 0 aliphatic heterocycles. The van der Waals surface area contributed by atoms with E-state index in [1.807, 2.05) is 6.08 Å². The van der Waals surface area contributed by atoms with Gasteiger partial charge in [0, 0.05) is 5.41 Å². The zero-order valence-electron chi connectivity index (χ0n) is 8.99. The van der Waals surface area contributed by atoms with E-state index in [2.05, 4.69) is 34.6 Å². The maximum atomic E-state index is 11.8. The van der Waals surface area contributed by atoms with Gasteiger partial charge in [-0.3, -0.25) is 4.79 Å². The van der Waals surface area contributed by atoms with Crippen molar-refractivity contribution in [3.8, 4) is 0 Å². The smallest absolute Gasteiger partial charge is 0.166 e. The summed E-state index contributed by atoms with van der Waals surface area (Å²) < 4.78 is 0. The number of fused-ring (bicyclic) bond motifs is 1. The van der Waals surface area contributed by atoms with Gasteiger partial charge < -0.3 is 0 Å². The molecule has 1 nitrogen and oxygen atoms in total. The van der Waals surface area contributed by atoms with E-state index in [0.29, 0.717) is 0 Å². The van der Waals surface area contributed by atoms with Crippen LogP contribution in [0.1, 0.15) is 34.6 Å². The van der Waals surface area contributed by atoms with Crippen LogP contribution in [0.2, 0.25) is 0 Å². The second kappa shape index (κ2) is 1.97. The number of hydrogen-bond donors (Lipinski definition) is 0. The molecule has 0 fully saturated rings. The Balaban J connectivity index is 2.69. The van der Waals surface area contributed by atoms with Crippen molar-refractivity contribution in [2.75, 3.05) is 0 Å². The molecule has 0 saturated carbocycles. The molecule has 0 spiro atoms. The lowest BCUT2D eigenvalue weighted by atomic mass is 9.48. The molecule has 70 valence electrons. The highest BCUT2D eigenvalue weighted by molar-refractivity contribution is 6.04. The van der Waals surface area contributed by atoms with Gasteiger partial charge in [0.15, 0.2) is 5.78 Å². The fourth-order valence-electron chi connectivity index (χ4n) is 3.04. The summed E-state index contributed by atoms with van der Waals surface area (Å²) in [6, 6.07) is 0. The van der Waals surface area contributed by atoms with Gasteiger partial charge in [-0.2, -0.15) is 0 Å². The number of allylic oxidation sites excluding steroid dienone is 4. The first-order valence-electron chi connectivity index (χ1n) is 4.78. The van der Waals surface area contributed by atoms with Crippen LogP contribution in [0.15, 0.2) is 22.8 Å². The van der Waals surface area contributed by atoms with Crippen molar-refractivity contribution in [3.63, 3.8) is 0 Å². The molecule has 0 unspecified atom stereocenters. The van der Waals surface area contributed by atoms with Crippen molar-refractivity contribution in [2.24, 2.45) is 10.8 Å². The summed E-state index contributed by atoms with van der Waals surface area (Å²) in [4.78, 5) is 11.8. The van der Waals surface area contributed by atoms with Crippen LogP contribution in [-0.2, 0) is 4.79 Å². The van der Waals surface area contributed by atoms with E-state index >= 15 is 0 Å². The van der Waals surface area contributed by atoms with Crippen LogP contribution in [0.25, 0.3) is 0 Å². The third-order valence-electron chi connectivity index (χ3n) is 4.69. The van der Waals surface area contributed by atoms with Gasteiger partial charge in [-0.1, -0.05) is 23.6 Å². The Bertz CT molecular complexity index is 373. The molecule has 0 amide bonds. The van der Waals surface area contributed by atoms with E-state index in [0.717, 1.165) is 0 Å². The van der Waals surface area contributed by atoms with E-state index in [1.54, 1.807) is 0 Å². The topological polar surface area (TPSA) is 17.1 Å².